The van der Waals surface area contributed by atoms with Gasteiger partial charge in [0, 0.05) is 23.4 Å². The van der Waals surface area contributed by atoms with Crippen LogP contribution in [0.5, 0.6) is 0 Å². The summed E-state index contributed by atoms with van der Waals surface area (Å²) in [7, 11) is 0. The van der Waals surface area contributed by atoms with Crippen LogP contribution in [0.1, 0.15) is 11.4 Å². The lowest BCUT2D eigenvalue weighted by Crippen LogP contribution is -2.14. The summed E-state index contributed by atoms with van der Waals surface area (Å²) in [5.41, 5.74) is 3.70. The number of carbonyl (C=O) groups is 1. The Labute approximate surface area is 165 Å². The fraction of sp³-hybridized carbons (Fsp3) is 0.100. The van der Waals surface area contributed by atoms with Crippen LogP contribution in [0.3, 0.4) is 0 Å². The second-order valence-corrected chi connectivity index (χ2v) is 6.46. The minimum Gasteiger partial charge on any atom is -0.326 e. The topological polar surface area (TPSA) is 115 Å². The summed E-state index contributed by atoms with van der Waals surface area (Å²) in [6, 6.07) is 17.0. The van der Waals surface area contributed by atoms with Crippen LogP contribution >= 0.6 is 0 Å². The second-order valence-electron chi connectivity index (χ2n) is 6.46. The van der Waals surface area contributed by atoms with Crippen molar-refractivity contribution >= 4 is 22.9 Å². The normalized spacial score (nSPS) is 10.8. The van der Waals surface area contributed by atoms with Crippen molar-refractivity contribution in [2.75, 3.05) is 5.32 Å². The first-order valence-corrected chi connectivity index (χ1v) is 8.82. The number of rotatable bonds is 5. The molecule has 0 aliphatic heterocycles. The molecule has 4 aromatic rings. The molecule has 0 spiro atoms. The zero-order valence-corrected chi connectivity index (χ0v) is 15.4. The van der Waals surface area contributed by atoms with Crippen LogP contribution in [0.4, 0.5) is 11.4 Å². The van der Waals surface area contributed by atoms with Crippen LogP contribution in [-0.2, 0) is 11.2 Å². The number of carbonyl (C=O) groups excluding carboxylic acids is 1. The predicted octanol–water partition coefficient (Wildman–Crippen LogP) is 3.19. The first-order chi connectivity index (χ1) is 14.0. The zero-order chi connectivity index (χ0) is 20.4. The van der Waals surface area contributed by atoms with Crippen LogP contribution in [0.2, 0.25) is 0 Å². The minimum absolute atomic E-state index is 0.00166. The highest BCUT2D eigenvalue weighted by Gasteiger charge is 2.09. The molecule has 0 bridgehead atoms. The van der Waals surface area contributed by atoms with E-state index < -0.39 is 4.92 Å². The molecular formula is C20H16N6O3. The number of amides is 1. The van der Waals surface area contributed by atoms with Crippen LogP contribution in [0.25, 0.3) is 16.9 Å². The summed E-state index contributed by atoms with van der Waals surface area (Å²) in [6.07, 6.45) is 0.130. The Hall–Kier alpha value is -4.14. The highest BCUT2D eigenvalue weighted by Crippen LogP contribution is 2.20. The van der Waals surface area contributed by atoms with Gasteiger partial charge in [-0.05, 0) is 36.8 Å². The minimum atomic E-state index is -0.470. The molecule has 144 valence electrons. The summed E-state index contributed by atoms with van der Waals surface area (Å²) >= 11 is 0. The Morgan fingerprint density at radius 2 is 1.76 bits per heavy atom. The van der Waals surface area contributed by atoms with Gasteiger partial charge in [-0.25, -0.2) is 0 Å². The van der Waals surface area contributed by atoms with Crippen LogP contribution in [-0.4, -0.2) is 30.6 Å². The number of fused-ring (bicyclic) bond motifs is 1. The molecule has 0 atom stereocenters. The molecule has 1 N–H and O–H groups in total. The van der Waals surface area contributed by atoms with Crippen LogP contribution in [0, 0.1) is 17.0 Å². The maximum Gasteiger partial charge on any atom is 0.269 e. The summed E-state index contributed by atoms with van der Waals surface area (Å²) in [5.74, 6) is 0.503. The number of hydrogen-bond donors (Lipinski definition) is 1. The van der Waals surface area contributed by atoms with E-state index in [2.05, 4.69) is 20.6 Å². The molecule has 0 fully saturated rings. The standard InChI is InChI=1S/C20H16N6O3/c1-13-22-23-19-11-10-18(24-25(13)19)15-4-6-16(7-5-15)21-20(27)12-14-2-8-17(9-3-14)26(28)29/h2-11H,12H2,1H3,(H,21,27). The van der Waals surface area contributed by atoms with Gasteiger partial charge in [-0.1, -0.05) is 24.3 Å². The molecule has 9 heteroatoms. The molecule has 0 saturated carbocycles. The molecule has 0 unspecified atom stereocenters. The summed E-state index contributed by atoms with van der Waals surface area (Å²) in [6.45, 7) is 1.83. The second kappa shape index (κ2) is 7.47. The van der Waals surface area contributed by atoms with E-state index >= 15 is 0 Å². The number of nitro groups is 1. The van der Waals surface area contributed by atoms with E-state index in [0.29, 0.717) is 22.7 Å². The lowest BCUT2D eigenvalue weighted by Gasteiger charge is -2.07. The number of nitro benzene ring substituents is 1. The number of aryl methyl sites for hydroxylation is 1. The molecule has 2 aromatic carbocycles. The van der Waals surface area contributed by atoms with E-state index in [4.69, 9.17) is 0 Å². The molecule has 0 aliphatic rings. The molecule has 0 radical (unpaired) electrons. The van der Waals surface area contributed by atoms with Crippen molar-refractivity contribution in [3.63, 3.8) is 0 Å². The average Bonchev–Trinajstić information content (AvgIpc) is 3.09. The largest absolute Gasteiger partial charge is 0.326 e. The molecular weight excluding hydrogens is 372 g/mol. The molecule has 4 rings (SSSR count). The molecule has 0 saturated heterocycles. The molecule has 29 heavy (non-hydrogen) atoms. The van der Waals surface area contributed by atoms with E-state index in [0.717, 1.165) is 11.3 Å². The van der Waals surface area contributed by atoms with E-state index in [1.165, 1.54) is 12.1 Å². The Balaban J connectivity index is 1.43. The average molecular weight is 388 g/mol. The number of hydrogen-bond acceptors (Lipinski definition) is 6. The van der Waals surface area contributed by atoms with E-state index in [-0.39, 0.29) is 18.0 Å². The van der Waals surface area contributed by atoms with Gasteiger partial charge in [0.05, 0.1) is 17.0 Å². The number of aromatic nitrogens is 4. The van der Waals surface area contributed by atoms with Gasteiger partial charge in [-0.15, -0.1) is 10.2 Å². The molecule has 2 heterocycles. The smallest absolute Gasteiger partial charge is 0.269 e. The van der Waals surface area contributed by atoms with Crippen LogP contribution < -0.4 is 5.32 Å². The Morgan fingerprint density at radius 3 is 2.45 bits per heavy atom. The van der Waals surface area contributed by atoms with Crippen molar-refractivity contribution in [2.24, 2.45) is 0 Å². The van der Waals surface area contributed by atoms with Gasteiger partial charge in [0.2, 0.25) is 5.91 Å². The first kappa shape index (κ1) is 18.2. The first-order valence-electron chi connectivity index (χ1n) is 8.82. The Bertz CT molecular complexity index is 1200. The third-order valence-electron chi connectivity index (χ3n) is 4.39. The molecule has 2 aromatic heterocycles. The maximum absolute atomic E-state index is 12.2. The summed E-state index contributed by atoms with van der Waals surface area (Å²) in [4.78, 5) is 22.5. The maximum atomic E-state index is 12.2. The summed E-state index contributed by atoms with van der Waals surface area (Å²) < 4.78 is 1.68. The monoisotopic (exact) mass is 388 g/mol. The van der Waals surface area contributed by atoms with Gasteiger partial charge in [0.25, 0.3) is 5.69 Å². The fourth-order valence-electron chi connectivity index (χ4n) is 2.90. The third-order valence-corrected chi connectivity index (χ3v) is 4.39. The molecule has 1 amide bonds. The lowest BCUT2D eigenvalue weighted by atomic mass is 10.1. The Morgan fingerprint density at radius 1 is 1.03 bits per heavy atom. The number of anilines is 1. The van der Waals surface area contributed by atoms with Crippen molar-refractivity contribution in [1.29, 1.82) is 0 Å². The zero-order valence-electron chi connectivity index (χ0n) is 15.4. The van der Waals surface area contributed by atoms with Gasteiger partial charge in [0.15, 0.2) is 11.5 Å². The van der Waals surface area contributed by atoms with Gasteiger partial charge in [-0.2, -0.15) is 9.61 Å². The summed E-state index contributed by atoms with van der Waals surface area (Å²) in [5, 5.41) is 26.0. The highest BCUT2D eigenvalue weighted by atomic mass is 16.6. The molecule has 9 nitrogen and oxygen atoms in total. The quantitative estimate of drug-likeness (QED) is 0.415. The van der Waals surface area contributed by atoms with Gasteiger partial charge < -0.3 is 5.32 Å². The highest BCUT2D eigenvalue weighted by molar-refractivity contribution is 5.92. The fourth-order valence-corrected chi connectivity index (χ4v) is 2.90. The van der Waals surface area contributed by atoms with E-state index in [1.54, 1.807) is 28.8 Å². The number of nitrogens with zero attached hydrogens (tertiary/aromatic N) is 5. The number of benzene rings is 2. The van der Waals surface area contributed by atoms with Crippen molar-refractivity contribution in [2.45, 2.75) is 13.3 Å². The number of nitrogens with one attached hydrogen (secondary N) is 1. The van der Waals surface area contributed by atoms with E-state index in [1.807, 2.05) is 31.2 Å². The van der Waals surface area contributed by atoms with Crippen molar-refractivity contribution in [1.82, 2.24) is 19.8 Å². The van der Waals surface area contributed by atoms with Crippen molar-refractivity contribution in [3.05, 3.63) is 82.2 Å². The van der Waals surface area contributed by atoms with Crippen LogP contribution in [0.15, 0.2) is 60.7 Å². The van der Waals surface area contributed by atoms with E-state index in [9.17, 15) is 14.9 Å². The van der Waals surface area contributed by atoms with Crippen molar-refractivity contribution in [3.8, 4) is 11.3 Å². The third kappa shape index (κ3) is 3.93. The lowest BCUT2D eigenvalue weighted by molar-refractivity contribution is -0.384. The van der Waals surface area contributed by atoms with Gasteiger partial charge in [-0.3, -0.25) is 14.9 Å². The SMILES string of the molecule is Cc1nnc2ccc(-c3ccc(NC(=O)Cc4ccc([N+](=O)[O-])cc4)cc3)nn12. The van der Waals surface area contributed by atoms with Crippen molar-refractivity contribution < 1.29 is 9.72 Å². The molecule has 0 aliphatic carbocycles. The van der Waals surface area contributed by atoms with Gasteiger partial charge in [0.1, 0.15) is 0 Å². The number of non-ortho nitro benzene ring substituents is 1. The predicted molar refractivity (Wildman–Crippen MR) is 106 cm³/mol. The Kier molecular flexibility index (Phi) is 4.70. The van der Waals surface area contributed by atoms with Gasteiger partial charge >= 0.3 is 0 Å².